The molecule has 0 fully saturated rings. The zero-order valence-electron chi connectivity index (χ0n) is 16.5. The number of Topliss-reactive ketones (excluding diaryl/α,β-unsaturated/α-hetero) is 2. The number of nitrogens with zero attached hydrogens (tertiary/aromatic N) is 2. The van der Waals surface area contributed by atoms with Crippen molar-refractivity contribution < 1.29 is 9.59 Å². The van der Waals surface area contributed by atoms with Crippen molar-refractivity contribution in [2.45, 2.75) is 45.6 Å². The zero-order valence-corrected chi connectivity index (χ0v) is 16.5. The number of likely N-dealkylation sites (N-methyl/N-ethyl adjacent to an activating group) is 1. The molecule has 27 heavy (non-hydrogen) atoms. The van der Waals surface area contributed by atoms with Gasteiger partial charge in [0.1, 0.15) is 0 Å². The Bertz CT molecular complexity index is 848. The normalized spacial score (nSPS) is 23.1. The van der Waals surface area contributed by atoms with Gasteiger partial charge in [0, 0.05) is 42.3 Å². The van der Waals surface area contributed by atoms with Crippen LogP contribution in [-0.2, 0) is 4.79 Å². The average molecular weight is 364 g/mol. The van der Waals surface area contributed by atoms with Crippen LogP contribution in [0.2, 0.25) is 0 Å². The minimum absolute atomic E-state index is 0.0963. The molecule has 0 aromatic heterocycles. The fourth-order valence-electron chi connectivity index (χ4n) is 4.89. The van der Waals surface area contributed by atoms with Gasteiger partial charge in [0.2, 0.25) is 0 Å². The lowest BCUT2D eigenvalue weighted by atomic mass is 9.81. The van der Waals surface area contributed by atoms with Crippen molar-refractivity contribution in [1.29, 1.82) is 0 Å². The number of benzene rings is 1. The largest absolute Gasteiger partial charge is 0.363 e. The number of allylic oxidation sites excluding steroid dienone is 2. The van der Waals surface area contributed by atoms with Crippen molar-refractivity contribution in [3.05, 3.63) is 52.6 Å². The first-order chi connectivity index (χ1) is 13.0. The lowest BCUT2D eigenvalue weighted by Crippen LogP contribution is -2.40. The summed E-state index contributed by atoms with van der Waals surface area (Å²) in [5.74, 6) is 0.576. The summed E-state index contributed by atoms with van der Waals surface area (Å²) in [6, 6.07) is 6.38. The van der Waals surface area contributed by atoms with E-state index in [-0.39, 0.29) is 23.5 Å². The first-order valence-corrected chi connectivity index (χ1v) is 10.1. The average Bonchev–Trinajstić information content (AvgIpc) is 3.20. The Kier molecular flexibility index (Phi) is 4.77. The number of anilines is 1. The Hall–Kier alpha value is -2.20. The molecule has 142 valence electrons. The van der Waals surface area contributed by atoms with Gasteiger partial charge in [-0.1, -0.05) is 26.0 Å². The van der Waals surface area contributed by atoms with Crippen molar-refractivity contribution >= 4 is 17.3 Å². The van der Waals surface area contributed by atoms with Gasteiger partial charge in [0.05, 0.1) is 6.04 Å². The van der Waals surface area contributed by atoms with Crippen LogP contribution in [0.4, 0.5) is 5.69 Å². The molecule has 0 amide bonds. The van der Waals surface area contributed by atoms with Crippen LogP contribution >= 0.6 is 0 Å². The molecule has 0 saturated carbocycles. The summed E-state index contributed by atoms with van der Waals surface area (Å²) in [5, 5.41) is 0. The Labute approximate surface area is 161 Å². The monoisotopic (exact) mass is 364 g/mol. The first kappa shape index (κ1) is 18.2. The van der Waals surface area contributed by atoms with Crippen molar-refractivity contribution in [2.24, 2.45) is 0 Å². The standard InChI is InChI=1S/C23H28N2O2/c1-4-24(5-2)12-13-25-20-9-6-16(15(3)26)14-19(20)23-18-8-11-22(27)17(18)7-10-21(23)25/h6-7,9-10,14,21,23H,4-5,8,11-13H2,1-3H3. The summed E-state index contributed by atoms with van der Waals surface area (Å²) in [6.45, 7) is 10.1. The van der Waals surface area contributed by atoms with Crippen LogP contribution < -0.4 is 4.90 Å². The molecule has 0 bridgehead atoms. The summed E-state index contributed by atoms with van der Waals surface area (Å²) < 4.78 is 0. The van der Waals surface area contributed by atoms with Crippen LogP contribution in [0.5, 0.6) is 0 Å². The molecule has 4 heteroatoms. The predicted molar refractivity (Wildman–Crippen MR) is 109 cm³/mol. The van der Waals surface area contributed by atoms with E-state index in [1.165, 1.54) is 16.8 Å². The third kappa shape index (κ3) is 2.96. The summed E-state index contributed by atoms with van der Waals surface area (Å²) in [4.78, 5) is 29.1. The third-order valence-electron chi connectivity index (χ3n) is 6.43. The number of ketones is 2. The van der Waals surface area contributed by atoms with Crippen molar-refractivity contribution in [3.8, 4) is 0 Å². The number of rotatable bonds is 6. The van der Waals surface area contributed by atoms with Gasteiger partial charge in [-0.3, -0.25) is 9.59 Å². The molecular weight excluding hydrogens is 336 g/mol. The van der Waals surface area contributed by atoms with Crippen LogP contribution in [0.1, 0.15) is 55.5 Å². The molecule has 1 aliphatic heterocycles. The molecule has 4 nitrogen and oxygen atoms in total. The molecule has 0 saturated heterocycles. The van der Waals surface area contributed by atoms with Gasteiger partial charge in [0.25, 0.3) is 0 Å². The highest BCUT2D eigenvalue weighted by Gasteiger charge is 2.43. The maximum Gasteiger partial charge on any atom is 0.163 e. The maximum absolute atomic E-state index is 12.3. The van der Waals surface area contributed by atoms with Gasteiger partial charge in [-0.05, 0) is 55.8 Å². The molecule has 1 aromatic rings. The highest BCUT2D eigenvalue weighted by Crippen LogP contribution is 2.51. The lowest BCUT2D eigenvalue weighted by Gasteiger charge is -2.32. The Balaban J connectivity index is 1.74. The summed E-state index contributed by atoms with van der Waals surface area (Å²) in [7, 11) is 0. The van der Waals surface area contributed by atoms with Gasteiger partial charge in [0.15, 0.2) is 11.6 Å². The van der Waals surface area contributed by atoms with E-state index in [1.54, 1.807) is 6.92 Å². The van der Waals surface area contributed by atoms with E-state index < -0.39 is 0 Å². The number of carbonyl (C=O) groups is 2. The summed E-state index contributed by atoms with van der Waals surface area (Å²) in [5.41, 5.74) is 5.40. The minimum Gasteiger partial charge on any atom is -0.363 e. The number of hydrogen-bond donors (Lipinski definition) is 0. The third-order valence-corrected chi connectivity index (χ3v) is 6.43. The van der Waals surface area contributed by atoms with Crippen LogP contribution in [0.15, 0.2) is 41.5 Å². The van der Waals surface area contributed by atoms with Crippen LogP contribution in [0, 0.1) is 0 Å². The fraction of sp³-hybridized carbons (Fsp3) is 0.478. The highest BCUT2D eigenvalue weighted by atomic mass is 16.1. The Morgan fingerprint density at radius 2 is 2.00 bits per heavy atom. The van der Waals surface area contributed by atoms with Gasteiger partial charge >= 0.3 is 0 Å². The highest BCUT2D eigenvalue weighted by molar-refractivity contribution is 6.02. The lowest BCUT2D eigenvalue weighted by molar-refractivity contribution is -0.114. The van der Waals surface area contributed by atoms with Crippen molar-refractivity contribution in [2.75, 3.05) is 31.1 Å². The minimum atomic E-state index is 0.0963. The van der Waals surface area contributed by atoms with Gasteiger partial charge in [-0.2, -0.15) is 0 Å². The van der Waals surface area contributed by atoms with E-state index in [0.29, 0.717) is 6.42 Å². The van der Waals surface area contributed by atoms with E-state index in [0.717, 1.165) is 43.7 Å². The molecule has 0 radical (unpaired) electrons. The number of fused-ring (bicyclic) bond motifs is 4. The second-order valence-corrected chi connectivity index (χ2v) is 7.74. The maximum atomic E-state index is 12.3. The molecule has 0 N–H and O–H groups in total. The first-order valence-electron chi connectivity index (χ1n) is 10.1. The van der Waals surface area contributed by atoms with Crippen LogP contribution in [0.25, 0.3) is 0 Å². The molecule has 3 aliphatic rings. The molecule has 2 atom stereocenters. The van der Waals surface area contributed by atoms with E-state index >= 15 is 0 Å². The second-order valence-electron chi connectivity index (χ2n) is 7.74. The second kappa shape index (κ2) is 7.08. The van der Waals surface area contributed by atoms with E-state index in [1.807, 2.05) is 12.1 Å². The molecule has 2 aliphatic carbocycles. The van der Waals surface area contributed by atoms with Gasteiger partial charge in [-0.25, -0.2) is 0 Å². The van der Waals surface area contributed by atoms with Crippen LogP contribution in [0.3, 0.4) is 0 Å². The fourth-order valence-corrected chi connectivity index (χ4v) is 4.89. The molecule has 1 aromatic carbocycles. The molecule has 2 unspecified atom stereocenters. The van der Waals surface area contributed by atoms with E-state index in [9.17, 15) is 9.59 Å². The Morgan fingerprint density at radius 1 is 1.22 bits per heavy atom. The number of carbonyl (C=O) groups excluding carboxylic acids is 2. The SMILES string of the molecule is CCN(CC)CCN1c2ccc(C(C)=O)cc2C2C3=C(C=CC21)C(=O)CC3. The molecule has 4 rings (SSSR count). The van der Waals surface area contributed by atoms with Crippen molar-refractivity contribution in [3.63, 3.8) is 0 Å². The predicted octanol–water partition coefficient (Wildman–Crippen LogP) is 3.73. The van der Waals surface area contributed by atoms with Gasteiger partial charge in [-0.15, -0.1) is 0 Å². The van der Waals surface area contributed by atoms with Crippen molar-refractivity contribution in [1.82, 2.24) is 4.90 Å². The zero-order chi connectivity index (χ0) is 19.1. The quantitative estimate of drug-likeness (QED) is 0.721. The molecule has 0 spiro atoms. The molecular formula is C23H28N2O2. The number of hydrogen-bond acceptors (Lipinski definition) is 4. The summed E-state index contributed by atoms with van der Waals surface area (Å²) in [6.07, 6.45) is 5.74. The van der Waals surface area contributed by atoms with E-state index in [2.05, 4.69) is 41.9 Å². The summed E-state index contributed by atoms with van der Waals surface area (Å²) >= 11 is 0. The smallest absolute Gasteiger partial charge is 0.163 e. The Morgan fingerprint density at radius 3 is 2.70 bits per heavy atom. The van der Waals surface area contributed by atoms with Gasteiger partial charge < -0.3 is 9.80 Å². The topological polar surface area (TPSA) is 40.6 Å². The van der Waals surface area contributed by atoms with Crippen LogP contribution in [-0.4, -0.2) is 48.7 Å². The molecule has 1 heterocycles. The van der Waals surface area contributed by atoms with E-state index in [4.69, 9.17) is 0 Å².